The molecule has 1 aromatic carbocycles. The third-order valence-corrected chi connectivity index (χ3v) is 3.97. The highest BCUT2D eigenvalue weighted by Gasteiger charge is 2.09. The number of aryl methyl sites for hydroxylation is 1. The Morgan fingerprint density at radius 2 is 2.25 bits per heavy atom. The van der Waals surface area contributed by atoms with Crippen LogP contribution in [0.5, 0.6) is 0 Å². The van der Waals surface area contributed by atoms with E-state index in [4.69, 9.17) is 4.42 Å². The molecule has 3 rings (SSSR count). The third kappa shape index (κ3) is 3.38. The SMILES string of the molecule is CCc1nc2ccc(Br)cc2c(=O)n1N=C/C(C)=C/c1ccco1. The summed E-state index contributed by atoms with van der Waals surface area (Å²) >= 11 is 3.39. The van der Waals surface area contributed by atoms with Crippen LogP contribution in [0.1, 0.15) is 25.4 Å². The van der Waals surface area contributed by atoms with Gasteiger partial charge in [-0.05, 0) is 48.9 Å². The van der Waals surface area contributed by atoms with E-state index in [9.17, 15) is 4.79 Å². The van der Waals surface area contributed by atoms with Gasteiger partial charge >= 0.3 is 0 Å². The van der Waals surface area contributed by atoms with Gasteiger partial charge in [0.05, 0.1) is 23.4 Å². The number of allylic oxidation sites excluding steroid dienone is 1. The van der Waals surface area contributed by atoms with Crippen molar-refractivity contribution in [2.24, 2.45) is 5.10 Å². The highest BCUT2D eigenvalue weighted by molar-refractivity contribution is 9.10. The molecule has 0 atom stereocenters. The van der Waals surface area contributed by atoms with Crippen LogP contribution in [-0.2, 0) is 6.42 Å². The van der Waals surface area contributed by atoms with Crippen molar-refractivity contribution in [1.82, 2.24) is 9.66 Å². The highest BCUT2D eigenvalue weighted by Crippen LogP contribution is 2.16. The van der Waals surface area contributed by atoms with Gasteiger partial charge in [-0.3, -0.25) is 4.79 Å². The molecule has 0 radical (unpaired) electrons. The lowest BCUT2D eigenvalue weighted by Gasteiger charge is -2.07. The minimum Gasteiger partial charge on any atom is -0.465 e. The van der Waals surface area contributed by atoms with Crippen LogP contribution in [0, 0.1) is 0 Å². The van der Waals surface area contributed by atoms with Crippen LogP contribution < -0.4 is 5.56 Å². The van der Waals surface area contributed by atoms with E-state index in [0.717, 1.165) is 15.8 Å². The Bertz CT molecular complexity index is 985. The monoisotopic (exact) mass is 385 g/mol. The van der Waals surface area contributed by atoms with Crippen molar-refractivity contribution in [1.29, 1.82) is 0 Å². The van der Waals surface area contributed by atoms with Gasteiger partial charge in [0, 0.05) is 10.9 Å². The average molecular weight is 386 g/mol. The second-order valence-electron chi connectivity index (χ2n) is 5.31. The minimum atomic E-state index is -0.180. The average Bonchev–Trinajstić information content (AvgIpc) is 3.07. The van der Waals surface area contributed by atoms with Gasteiger partial charge in [0.1, 0.15) is 11.6 Å². The molecule has 0 saturated carbocycles. The van der Waals surface area contributed by atoms with Crippen LogP contribution in [0.3, 0.4) is 0 Å². The van der Waals surface area contributed by atoms with Crippen LogP contribution in [0.4, 0.5) is 0 Å². The van der Waals surface area contributed by atoms with E-state index in [1.54, 1.807) is 18.5 Å². The van der Waals surface area contributed by atoms with Crippen molar-refractivity contribution < 1.29 is 4.42 Å². The first-order valence-electron chi connectivity index (χ1n) is 7.56. The molecular weight excluding hydrogens is 370 g/mol. The molecule has 0 spiro atoms. The fourth-order valence-corrected chi connectivity index (χ4v) is 2.69. The minimum absolute atomic E-state index is 0.180. The molecule has 0 aliphatic heterocycles. The molecule has 0 aliphatic carbocycles. The lowest BCUT2D eigenvalue weighted by atomic mass is 10.2. The van der Waals surface area contributed by atoms with Crippen LogP contribution in [0.2, 0.25) is 0 Å². The predicted molar refractivity (Wildman–Crippen MR) is 99.3 cm³/mol. The number of hydrogen-bond acceptors (Lipinski definition) is 4. The molecule has 6 heteroatoms. The predicted octanol–water partition coefficient (Wildman–Crippen LogP) is 4.25. The van der Waals surface area contributed by atoms with E-state index in [1.807, 2.05) is 44.2 Å². The number of furan rings is 1. The second-order valence-corrected chi connectivity index (χ2v) is 6.22. The maximum absolute atomic E-state index is 12.7. The lowest BCUT2D eigenvalue weighted by molar-refractivity contribution is 0.557. The Balaban J connectivity index is 2.06. The molecule has 2 heterocycles. The zero-order chi connectivity index (χ0) is 17.1. The topological polar surface area (TPSA) is 60.4 Å². The lowest BCUT2D eigenvalue weighted by Crippen LogP contribution is -2.22. The summed E-state index contributed by atoms with van der Waals surface area (Å²) in [7, 11) is 0. The molecule has 3 aromatic rings. The van der Waals surface area contributed by atoms with Gasteiger partial charge in [0.2, 0.25) is 0 Å². The van der Waals surface area contributed by atoms with Crippen molar-refractivity contribution in [2.75, 3.05) is 0 Å². The van der Waals surface area contributed by atoms with Gasteiger partial charge in [0.25, 0.3) is 5.56 Å². The Labute approximate surface area is 147 Å². The Morgan fingerprint density at radius 1 is 1.42 bits per heavy atom. The largest absolute Gasteiger partial charge is 0.465 e. The Kier molecular flexibility index (Phi) is 4.76. The van der Waals surface area contributed by atoms with Gasteiger partial charge in [-0.1, -0.05) is 22.9 Å². The van der Waals surface area contributed by atoms with Crippen LogP contribution in [0.25, 0.3) is 17.0 Å². The van der Waals surface area contributed by atoms with E-state index in [2.05, 4.69) is 26.0 Å². The molecule has 24 heavy (non-hydrogen) atoms. The molecule has 0 amide bonds. The zero-order valence-corrected chi connectivity index (χ0v) is 14.9. The third-order valence-electron chi connectivity index (χ3n) is 3.48. The van der Waals surface area contributed by atoms with Gasteiger partial charge in [-0.25, -0.2) is 4.98 Å². The number of benzene rings is 1. The molecule has 5 nitrogen and oxygen atoms in total. The summed E-state index contributed by atoms with van der Waals surface area (Å²) in [6.45, 7) is 3.85. The zero-order valence-electron chi connectivity index (χ0n) is 13.4. The van der Waals surface area contributed by atoms with E-state index in [1.165, 1.54) is 4.68 Å². The first kappa shape index (κ1) is 16.4. The highest BCUT2D eigenvalue weighted by atomic mass is 79.9. The van der Waals surface area contributed by atoms with Gasteiger partial charge in [0.15, 0.2) is 0 Å². The molecule has 0 saturated heterocycles. The summed E-state index contributed by atoms with van der Waals surface area (Å²) in [6.07, 6.45) is 5.71. The number of nitrogens with zero attached hydrogens (tertiary/aromatic N) is 3. The second kappa shape index (κ2) is 6.97. The van der Waals surface area contributed by atoms with Gasteiger partial charge in [-0.2, -0.15) is 9.78 Å². The molecule has 0 fully saturated rings. The quantitative estimate of drug-likeness (QED) is 0.630. The Morgan fingerprint density at radius 3 is 2.96 bits per heavy atom. The molecule has 2 aromatic heterocycles. The van der Waals surface area contributed by atoms with Crippen molar-refractivity contribution in [3.63, 3.8) is 0 Å². The van der Waals surface area contributed by atoms with Crippen LogP contribution in [0.15, 0.2) is 61.0 Å². The number of aromatic nitrogens is 2. The summed E-state index contributed by atoms with van der Waals surface area (Å²) in [5, 5.41) is 4.86. The van der Waals surface area contributed by atoms with Gasteiger partial charge in [-0.15, -0.1) is 0 Å². The first-order chi connectivity index (χ1) is 11.6. The smallest absolute Gasteiger partial charge is 0.282 e. The van der Waals surface area contributed by atoms with Crippen molar-refractivity contribution in [3.05, 3.63) is 68.6 Å². The molecule has 122 valence electrons. The van der Waals surface area contributed by atoms with E-state index in [-0.39, 0.29) is 5.56 Å². The van der Waals surface area contributed by atoms with E-state index >= 15 is 0 Å². The van der Waals surface area contributed by atoms with E-state index in [0.29, 0.717) is 23.1 Å². The van der Waals surface area contributed by atoms with Crippen molar-refractivity contribution >= 4 is 39.1 Å². The fraction of sp³-hybridized carbons (Fsp3) is 0.167. The molecule has 0 aliphatic rings. The standard InChI is InChI=1S/C18H16BrN3O2/c1-3-17-21-16-7-6-13(19)10-15(16)18(23)22(17)20-11-12(2)9-14-5-4-8-24-14/h4-11H,3H2,1-2H3/b12-9+,20-11?. The number of hydrogen-bond donors (Lipinski definition) is 0. The summed E-state index contributed by atoms with van der Waals surface area (Å²) in [5.41, 5.74) is 1.36. The summed E-state index contributed by atoms with van der Waals surface area (Å²) in [6, 6.07) is 9.15. The van der Waals surface area contributed by atoms with Crippen LogP contribution in [-0.4, -0.2) is 15.9 Å². The maximum Gasteiger partial charge on any atom is 0.282 e. The molecular formula is C18H16BrN3O2. The number of halogens is 1. The van der Waals surface area contributed by atoms with Crippen molar-refractivity contribution in [3.8, 4) is 0 Å². The maximum atomic E-state index is 12.7. The Hall–Kier alpha value is -2.47. The normalized spacial score (nSPS) is 12.4. The number of fused-ring (bicyclic) bond motifs is 1. The van der Waals surface area contributed by atoms with Crippen molar-refractivity contribution in [2.45, 2.75) is 20.3 Å². The van der Waals surface area contributed by atoms with Gasteiger partial charge < -0.3 is 4.42 Å². The molecule has 0 N–H and O–H groups in total. The molecule has 0 unspecified atom stereocenters. The molecule has 0 bridgehead atoms. The summed E-state index contributed by atoms with van der Waals surface area (Å²) in [5.74, 6) is 1.36. The number of rotatable bonds is 4. The summed E-state index contributed by atoms with van der Waals surface area (Å²) < 4.78 is 7.46. The fourth-order valence-electron chi connectivity index (χ4n) is 2.33. The van der Waals surface area contributed by atoms with Crippen LogP contribution >= 0.6 is 15.9 Å². The van der Waals surface area contributed by atoms with E-state index < -0.39 is 0 Å². The first-order valence-corrected chi connectivity index (χ1v) is 8.35. The summed E-state index contributed by atoms with van der Waals surface area (Å²) in [4.78, 5) is 17.3.